The van der Waals surface area contributed by atoms with Gasteiger partial charge >= 0.3 is 0 Å². The second-order valence-electron chi connectivity index (χ2n) is 4.76. The molecule has 1 amide bonds. The monoisotopic (exact) mass is 282 g/mol. The summed E-state index contributed by atoms with van der Waals surface area (Å²) in [6, 6.07) is 1.83. The van der Waals surface area contributed by atoms with Crippen molar-refractivity contribution >= 4 is 23.2 Å². The first-order valence-corrected chi connectivity index (χ1v) is 6.88. The summed E-state index contributed by atoms with van der Waals surface area (Å²) in [6.45, 7) is 6.12. The maximum absolute atomic E-state index is 12.0. The van der Waals surface area contributed by atoms with Crippen LogP contribution in [0.2, 0.25) is 5.15 Å². The molecule has 1 saturated heterocycles. The number of nitrogens with one attached hydrogen (secondary N) is 2. The van der Waals surface area contributed by atoms with Crippen molar-refractivity contribution in [1.82, 2.24) is 15.2 Å². The van der Waals surface area contributed by atoms with Crippen molar-refractivity contribution in [3.63, 3.8) is 0 Å². The number of pyridine rings is 1. The highest BCUT2D eigenvalue weighted by Gasteiger charge is 2.13. The number of hydrogen-bond acceptors (Lipinski definition) is 4. The summed E-state index contributed by atoms with van der Waals surface area (Å²) in [5.74, 6) is -0.00887. The van der Waals surface area contributed by atoms with Gasteiger partial charge in [0, 0.05) is 13.1 Å². The molecular formula is C13H19ClN4O. The Labute approximate surface area is 118 Å². The predicted molar refractivity (Wildman–Crippen MR) is 76.5 cm³/mol. The SMILES string of the molecule is Cc1cc(NC(=O)CN2CCCNCC2)cnc1Cl. The Kier molecular flexibility index (Phi) is 5.13. The summed E-state index contributed by atoms with van der Waals surface area (Å²) < 4.78 is 0. The van der Waals surface area contributed by atoms with Crippen LogP contribution in [-0.2, 0) is 4.79 Å². The summed E-state index contributed by atoms with van der Waals surface area (Å²) in [5.41, 5.74) is 1.55. The van der Waals surface area contributed by atoms with Crippen LogP contribution in [0.1, 0.15) is 12.0 Å². The van der Waals surface area contributed by atoms with Gasteiger partial charge in [0.15, 0.2) is 0 Å². The average molecular weight is 283 g/mol. The van der Waals surface area contributed by atoms with Crippen LogP contribution < -0.4 is 10.6 Å². The number of hydrogen-bond donors (Lipinski definition) is 2. The molecule has 0 spiro atoms. The minimum absolute atomic E-state index is 0.00887. The fourth-order valence-corrected chi connectivity index (χ4v) is 2.19. The second kappa shape index (κ2) is 6.84. The van der Waals surface area contributed by atoms with E-state index in [9.17, 15) is 4.79 Å². The molecule has 1 aromatic heterocycles. The number of halogens is 1. The van der Waals surface area contributed by atoms with Gasteiger partial charge in [-0.25, -0.2) is 4.98 Å². The molecule has 104 valence electrons. The van der Waals surface area contributed by atoms with Gasteiger partial charge in [-0.05, 0) is 38.1 Å². The van der Waals surface area contributed by atoms with Crippen LogP contribution in [0, 0.1) is 6.92 Å². The molecular weight excluding hydrogens is 264 g/mol. The average Bonchev–Trinajstić information content (AvgIpc) is 2.62. The highest BCUT2D eigenvalue weighted by atomic mass is 35.5. The third kappa shape index (κ3) is 4.45. The number of carbonyl (C=O) groups is 1. The fraction of sp³-hybridized carbons (Fsp3) is 0.538. The van der Waals surface area contributed by atoms with Gasteiger partial charge in [-0.2, -0.15) is 0 Å². The van der Waals surface area contributed by atoms with Crippen molar-refractivity contribution in [2.24, 2.45) is 0 Å². The molecule has 0 bridgehead atoms. The standard InChI is InChI=1S/C13H19ClN4O/c1-10-7-11(8-16-13(10)14)17-12(19)9-18-5-2-3-15-4-6-18/h7-8,15H,2-6,9H2,1H3,(H,17,19). The van der Waals surface area contributed by atoms with E-state index >= 15 is 0 Å². The molecule has 0 unspecified atom stereocenters. The topological polar surface area (TPSA) is 57.3 Å². The van der Waals surface area contributed by atoms with Crippen LogP contribution in [0.25, 0.3) is 0 Å². The minimum Gasteiger partial charge on any atom is -0.324 e. The Morgan fingerprint density at radius 2 is 2.37 bits per heavy atom. The van der Waals surface area contributed by atoms with Gasteiger partial charge in [0.2, 0.25) is 5.91 Å². The van der Waals surface area contributed by atoms with Crippen LogP contribution in [0.4, 0.5) is 5.69 Å². The lowest BCUT2D eigenvalue weighted by Gasteiger charge is -2.18. The van der Waals surface area contributed by atoms with Gasteiger partial charge in [-0.15, -0.1) is 0 Å². The Balaban J connectivity index is 1.87. The molecule has 2 heterocycles. The minimum atomic E-state index is -0.00887. The lowest BCUT2D eigenvalue weighted by atomic mass is 10.3. The van der Waals surface area contributed by atoms with Gasteiger partial charge in [0.1, 0.15) is 5.15 Å². The number of amides is 1. The summed E-state index contributed by atoms with van der Waals surface area (Å²) in [6.07, 6.45) is 2.66. The third-order valence-corrected chi connectivity index (χ3v) is 3.49. The van der Waals surface area contributed by atoms with Gasteiger partial charge in [-0.3, -0.25) is 9.69 Å². The van der Waals surface area contributed by atoms with Crippen LogP contribution in [0.15, 0.2) is 12.3 Å². The highest BCUT2D eigenvalue weighted by Crippen LogP contribution is 2.15. The molecule has 0 saturated carbocycles. The van der Waals surface area contributed by atoms with E-state index in [1.807, 2.05) is 13.0 Å². The number of aromatic nitrogens is 1. The summed E-state index contributed by atoms with van der Waals surface area (Å²) >= 11 is 5.85. The number of rotatable bonds is 3. The normalized spacial score (nSPS) is 16.9. The maximum Gasteiger partial charge on any atom is 0.238 e. The van der Waals surface area contributed by atoms with E-state index in [0.29, 0.717) is 17.4 Å². The number of nitrogens with zero attached hydrogens (tertiary/aromatic N) is 2. The second-order valence-corrected chi connectivity index (χ2v) is 5.12. The first kappa shape index (κ1) is 14.2. The highest BCUT2D eigenvalue weighted by molar-refractivity contribution is 6.30. The van der Waals surface area contributed by atoms with Crippen molar-refractivity contribution in [1.29, 1.82) is 0 Å². The number of aryl methyl sites for hydroxylation is 1. The van der Waals surface area contributed by atoms with Gasteiger partial charge in [0.05, 0.1) is 18.4 Å². The predicted octanol–water partition coefficient (Wildman–Crippen LogP) is 1.28. The van der Waals surface area contributed by atoms with Crippen LogP contribution in [0.3, 0.4) is 0 Å². The smallest absolute Gasteiger partial charge is 0.238 e. The van der Waals surface area contributed by atoms with E-state index in [1.54, 1.807) is 6.20 Å². The Hall–Kier alpha value is -1.17. The van der Waals surface area contributed by atoms with Crippen molar-refractivity contribution < 1.29 is 4.79 Å². The Morgan fingerprint density at radius 3 is 3.16 bits per heavy atom. The van der Waals surface area contributed by atoms with Crippen LogP contribution >= 0.6 is 11.6 Å². The van der Waals surface area contributed by atoms with Gasteiger partial charge in [0.25, 0.3) is 0 Å². The van der Waals surface area contributed by atoms with Crippen molar-refractivity contribution in [3.05, 3.63) is 23.0 Å². The molecule has 1 aliphatic rings. The van der Waals surface area contributed by atoms with Crippen molar-refractivity contribution in [2.75, 3.05) is 38.0 Å². The van der Waals surface area contributed by atoms with E-state index in [0.717, 1.165) is 38.2 Å². The molecule has 0 aliphatic carbocycles. The molecule has 1 fully saturated rings. The molecule has 0 aromatic carbocycles. The summed E-state index contributed by atoms with van der Waals surface area (Å²) in [5, 5.41) is 6.64. The number of carbonyl (C=O) groups excluding carboxylic acids is 1. The summed E-state index contributed by atoms with van der Waals surface area (Å²) in [4.78, 5) is 18.1. The van der Waals surface area contributed by atoms with E-state index in [1.165, 1.54) is 0 Å². The quantitative estimate of drug-likeness (QED) is 0.820. The molecule has 2 N–H and O–H groups in total. The Bertz CT molecular complexity index is 444. The van der Waals surface area contributed by atoms with Crippen molar-refractivity contribution in [2.45, 2.75) is 13.3 Å². The van der Waals surface area contributed by atoms with Crippen LogP contribution in [0.5, 0.6) is 0 Å². The first-order chi connectivity index (χ1) is 9.15. The third-order valence-electron chi connectivity index (χ3n) is 3.10. The van der Waals surface area contributed by atoms with E-state index < -0.39 is 0 Å². The van der Waals surface area contributed by atoms with Gasteiger partial charge < -0.3 is 10.6 Å². The lowest BCUT2D eigenvalue weighted by molar-refractivity contribution is -0.117. The molecule has 0 atom stereocenters. The zero-order valence-corrected chi connectivity index (χ0v) is 11.8. The zero-order chi connectivity index (χ0) is 13.7. The zero-order valence-electron chi connectivity index (χ0n) is 11.1. The largest absolute Gasteiger partial charge is 0.324 e. The molecule has 2 rings (SSSR count). The van der Waals surface area contributed by atoms with E-state index in [-0.39, 0.29) is 5.91 Å². The molecule has 1 aliphatic heterocycles. The molecule has 0 radical (unpaired) electrons. The first-order valence-electron chi connectivity index (χ1n) is 6.50. The molecule has 19 heavy (non-hydrogen) atoms. The van der Waals surface area contributed by atoms with Crippen LogP contribution in [-0.4, -0.2) is 48.5 Å². The summed E-state index contributed by atoms with van der Waals surface area (Å²) in [7, 11) is 0. The van der Waals surface area contributed by atoms with Gasteiger partial charge in [-0.1, -0.05) is 11.6 Å². The number of anilines is 1. The maximum atomic E-state index is 12.0. The van der Waals surface area contributed by atoms with E-state index in [2.05, 4.69) is 20.5 Å². The van der Waals surface area contributed by atoms with Crippen molar-refractivity contribution in [3.8, 4) is 0 Å². The van der Waals surface area contributed by atoms with E-state index in [4.69, 9.17) is 11.6 Å². The molecule has 5 nitrogen and oxygen atoms in total. The fourth-order valence-electron chi connectivity index (χ4n) is 2.09. The Morgan fingerprint density at radius 1 is 1.53 bits per heavy atom. The molecule has 6 heteroatoms. The molecule has 1 aromatic rings. The lowest BCUT2D eigenvalue weighted by Crippen LogP contribution is -2.35.